The lowest BCUT2D eigenvalue weighted by molar-refractivity contribution is 0.225. The van der Waals surface area contributed by atoms with Crippen LogP contribution in [0.4, 0.5) is 0 Å². The summed E-state index contributed by atoms with van der Waals surface area (Å²) in [6.07, 6.45) is 3.91. The van der Waals surface area contributed by atoms with Crippen LogP contribution < -0.4 is 5.73 Å². The lowest BCUT2D eigenvalue weighted by Gasteiger charge is -2.40. The molecule has 2 N–H and O–H groups in total. The van der Waals surface area contributed by atoms with Crippen molar-refractivity contribution in [1.82, 2.24) is 4.31 Å². The standard InChI is InChI=1S/C11H24N2O2S/c1-10(2,3)16(14,15)13(4)11(9-12)7-5-6-8-11/h5-9,12H2,1-4H3. The summed E-state index contributed by atoms with van der Waals surface area (Å²) >= 11 is 0. The van der Waals surface area contributed by atoms with Crippen molar-refractivity contribution in [3.8, 4) is 0 Å². The van der Waals surface area contributed by atoms with Crippen LogP contribution in [-0.2, 0) is 10.0 Å². The van der Waals surface area contributed by atoms with Crippen LogP contribution in [0.5, 0.6) is 0 Å². The first kappa shape index (κ1) is 13.9. The highest BCUT2D eigenvalue weighted by Gasteiger charge is 2.46. The number of nitrogens with two attached hydrogens (primary N) is 1. The molecule has 1 aliphatic rings. The number of nitrogens with zero attached hydrogens (tertiary/aromatic N) is 1. The Labute approximate surface area is 99.2 Å². The molecular weight excluding hydrogens is 224 g/mol. The van der Waals surface area contributed by atoms with Crippen LogP contribution in [0.1, 0.15) is 46.5 Å². The molecule has 0 atom stereocenters. The van der Waals surface area contributed by atoms with E-state index in [4.69, 9.17) is 5.73 Å². The van der Waals surface area contributed by atoms with E-state index >= 15 is 0 Å². The Hall–Kier alpha value is -0.130. The highest BCUT2D eigenvalue weighted by Crippen LogP contribution is 2.37. The van der Waals surface area contributed by atoms with E-state index < -0.39 is 14.8 Å². The van der Waals surface area contributed by atoms with Crippen LogP contribution in [0.2, 0.25) is 0 Å². The van der Waals surface area contributed by atoms with Gasteiger partial charge in [0.15, 0.2) is 0 Å². The van der Waals surface area contributed by atoms with Crippen LogP contribution in [0.25, 0.3) is 0 Å². The fourth-order valence-electron chi connectivity index (χ4n) is 2.35. The molecule has 0 spiro atoms. The molecule has 5 heteroatoms. The van der Waals surface area contributed by atoms with E-state index in [1.54, 1.807) is 27.8 Å². The van der Waals surface area contributed by atoms with Gasteiger partial charge in [-0.3, -0.25) is 0 Å². The summed E-state index contributed by atoms with van der Waals surface area (Å²) in [5, 5.41) is 0. The van der Waals surface area contributed by atoms with Crippen molar-refractivity contribution in [2.75, 3.05) is 13.6 Å². The molecule has 0 aromatic heterocycles. The smallest absolute Gasteiger partial charge is 0.219 e. The van der Waals surface area contributed by atoms with Gasteiger partial charge in [-0.2, -0.15) is 4.31 Å². The quantitative estimate of drug-likeness (QED) is 0.819. The Kier molecular flexibility index (Phi) is 3.72. The second-order valence-corrected chi connectivity index (χ2v) is 8.44. The summed E-state index contributed by atoms with van der Waals surface area (Å²) < 4.78 is 25.5. The van der Waals surface area contributed by atoms with E-state index in [1.165, 1.54) is 4.31 Å². The topological polar surface area (TPSA) is 63.4 Å². The molecule has 0 aliphatic heterocycles. The van der Waals surface area contributed by atoms with E-state index in [0.29, 0.717) is 6.54 Å². The molecule has 1 rings (SSSR count). The summed E-state index contributed by atoms with van der Waals surface area (Å²) in [7, 11) is -1.60. The van der Waals surface area contributed by atoms with Crippen molar-refractivity contribution in [3.63, 3.8) is 0 Å². The van der Waals surface area contributed by atoms with Gasteiger partial charge in [-0.15, -0.1) is 0 Å². The van der Waals surface area contributed by atoms with E-state index in [-0.39, 0.29) is 5.54 Å². The van der Waals surface area contributed by atoms with Gasteiger partial charge in [0.2, 0.25) is 10.0 Å². The normalized spacial score (nSPS) is 21.6. The second-order valence-electron chi connectivity index (χ2n) is 5.72. The van der Waals surface area contributed by atoms with Gasteiger partial charge >= 0.3 is 0 Å². The molecule has 0 aromatic rings. The molecule has 0 heterocycles. The highest BCUT2D eigenvalue weighted by atomic mass is 32.2. The number of hydrogen-bond acceptors (Lipinski definition) is 3. The van der Waals surface area contributed by atoms with Gasteiger partial charge < -0.3 is 5.73 Å². The van der Waals surface area contributed by atoms with Gasteiger partial charge in [0, 0.05) is 19.1 Å². The molecule has 0 amide bonds. The fraction of sp³-hybridized carbons (Fsp3) is 1.00. The zero-order chi connectivity index (χ0) is 12.6. The Bertz CT molecular complexity index is 337. The van der Waals surface area contributed by atoms with Crippen LogP contribution in [0, 0.1) is 0 Å². The van der Waals surface area contributed by atoms with Gasteiger partial charge in [0.1, 0.15) is 0 Å². The molecule has 0 unspecified atom stereocenters. The second kappa shape index (κ2) is 4.27. The maximum Gasteiger partial charge on any atom is 0.219 e. The van der Waals surface area contributed by atoms with Crippen LogP contribution in [0.15, 0.2) is 0 Å². The molecule has 1 aliphatic carbocycles. The Balaban J connectivity index is 3.05. The van der Waals surface area contributed by atoms with E-state index in [9.17, 15) is 8.42 Å². The minimum Gasteiger partial charge on any atom is -0.329 e. The number of likely N-dealkylation sites (N-methyl/N-ethyl adjacent to an activating group) is 1. The minimum atomic E-state index is -3.28. The SMILES string of the molecule is CN(C1(CN)CCCC1)S(=O)(=O)C(C)(C)C. The van der Waals surface area contributed by atoms with E-state index in [2.05, 4.69) is 0 Å². The lowest BCUT2D eigenvalue weighted by Crippen LogP contribution is -2.56. The molecule has 0 radical (unpaired) electrons. The maximum atomic E-state index is 12.4. The zero-order valence-electron chi connectivity index (χ0n) is 10.8. The fourth-order valence-corrected chi connectivity index (χ4v) is 3.93. The first-order valence-corrected chi connectivity index (χ1v) is 7.30. The molecule has 96 valence electrons. The van der Waals surface area contributed by atoms with Crippen LogP contribution in [0.3, 0.4) is 0 Å². The Morgan fingerprint density at radius 1 is 1.25 bits per heavy atom. The zero-order valence-corrected chi connectivity index (χ0v) is 11.6. The van der Waals surface area contributed by atoms with Gasteiger partial charge in [0.25, 0.3) is 0 Å². The Morgan fingerprint density at radius 2 is 1.69 bits per heavy atom. The predicted octanol–water partition coefficient (Wildman–Crippen LogP) is 1.32. The van der Waals surface area contributed by atoms with Gasteiger partial charge in [0.05, 0.1) is 4.75 Å². The third-order valence-electron chi connectivity index (χ3n) is 3.72. The highest BCUT2D eigenvalue weighted by molar-refractivity contribution is 7.90. The number of rotatable bonds is 3. The first-order chi connectivity index (χ1) is 7.17. The average molecular weight is 248 g/mol. The van der Waals surface area contributed by atoms with Crippen molar-refractivity contribution in [1.29, 1.82) is 0 Å². The first-order valence-electron chi connectivity index (χ1n) is 5.86. The van der Waals surface area contributed by atoms with Crippen molar-refractivity contribution in [2.24, 2.45) is 5.73 Å². The van der Waals surface area contributed by atoms with Crippen LogP contribution in [-0.4, -0.2) is 36.6 Å². The monoisotopic (exact) mass is 248 g/mol. The Morgan fingerprint density at radius 3 is 2.00 bits per heavy atom. The summed E-state index contributed by atoms with van der Waals surface area (Å²) in [6, 6.07) is 0. The third kappa shape index (κ3) is 2.13. The van der Waals surface area contributed by atoms with Crippen molar-refractivity contribution in [2.45, 2.75) is 56.7 Å². The van der Waals surface area contributed by atoms with Gasteiger partial charge in [-0.05, 0) is 33.6 Å². The predicted molar refractivity (Wildman–Crippen MR) is 66.7 cm³/mol. The summed E-state index contributed by atoms with van der Waals surface area (Å²) in [5.74, 6) is 0. The lowest BCUT2D eigenvalue weighted by atomic mass is 9.98. The summed E-state index contributed by atoms with van der Waals surface area (Å²) in [5.41, 5.74) is 5.46. The van der Waals surface area contributed by atoms with E-state index in [1.807, 2.05) is 0 Å². The maximum absolute atomic E-state index is 12.4. The number of sulfonamides is 1. The average Bonchev–Trinajstić information content (AvgIpc) is 2.64. The summed E-state index contributed by atoms with van der Waals surface area (Å²) in [4.78, 5) is 0. The molecular formula is C11H24N2O2S. The van der Waals surface area contributed by atoms with Crippen LogP contribution >= 0.6 is 0 Å². The molecule has 0 bridgehead atoms. The molecule has 0 aromatic carbocycles. The van der Waals surface area contributed by atoms with Gasteiger partial charge in [-0.1, -0.05) is 12.8 Å². The molecule has 16 heavy (non-hydrogen) atoms. The van der Waals surface area contributed by atoms with E-state index in [0.717, 1.165) is 25.7 Å². The minimum absolute atomic E-state index is 0.341. The molecule has 4 nitrogen and oxygen atoms in total. The van der Waals surface area contributed by atoms with Crippen molar-refractivity contribution < 1.29 is 8.42 Å². The van der Waals surface area contributed by atoms with Crippen molar-refractivity contribution in [3.05, 3.63) is 0 Å². The van der Waals surface area contributed by atoms with Gasteiger partial charge in [-0.25, -0.2) is 8.42 Å². The molecule has 1 saturated carbocycles. The molecule has 1 fully saturated rings. The largest absolute Gasteiger partial charge is 0.329 e. The third-order valence-corrected chi connectivity index (χ3v) is 6.37. The van der Waals surface area contributed by atoms with Crippen molar-refractivity contribution >= 4 is 10.0 Å². The number of hydrogen-bond donors (Lipinski definition) is 1. The molecule has 0 saturated heterocycles. The summed E-state index contributed by atoms with van der Waals surface area (Å²) in [6.45, 7) is 5.62.